The van der Waals surface area contributed by atoms with E-state index in [0.29, 0.717) is 17.9 Å². The van der Waals surface area contributed by atoms with Gasteiger partial charge in [0, 0.05) is 6.61 Å². The highest BCUT2D eigenvalue weighted by molar-refractivity contribution is 5.52. The van der Waals surface area contributed by atoms with Crippen LogP contribution in [0.15, 0.2) is 30.6 Å². The first-order valence-corrected chi connectivity index (χ1v) is 5.76. The van der Waals surface area contributed by atoms with Crippen molar-refractivity contribution in [3.8, 4) is 17.4 Å². The van der Waals surface area contributed by atoms with E-state index in [1.807, 2.05) is 12.1 Å². The first kappa shape index (κ1) is 13.1. The molecule has 6 nitrogen and oxygen atoms in total. The van der Waals surface area contributed by atoms with Crippen molar-refractivity contribution in [3.63, 3.8) is 0 Å². The standard InChI is InChI=1S/C13H15N3O3/c1-18-11-12(14)15-8-16-13(11)19-10-4-2-9(3-5-10)6-7-17/h2-5,8,17H,6-7H2,1H3,(H2,14,15,16). The van der Waals surface area contributed by atoms with Gasteiger partial charge in [0.15, 0.2) is 5.82 Å². The molecule has 1 aromatic heterocycles. The Kier molecular flexibility index (Phi) is 4.15. The zero-order valence-electron chi connectivity index (χ0n) is 10.5. The van der Waals surface area contributed by atoms with Crippen molar-refractivity contribution in [1.29, 1.82) is 0 Å². The predicted molar refractivity (Wildman–Crippen MR) is 70.3 cm³/mol. The molecule has 0 atom stereocenters. The van der Waals surface area contributed by atoms with Gasteiger partial charge in [0.2, 0.25) is 5.75 Å². The molecule has 0 aliphatic heterocycles. The number of nitrogens with zero attached hydrogens (tertiary/aromatic N) is 2. The minimum absolute atomic E-state index is 0.121. The van der Waals surface area contributed by atoms with Gasteiger partial charge in [-0.2, -0.15) is 4.98 Å². The normalized spacial score (nSPS) is 10.2. The van der Waals surface area contributed by atoms with Gasteiger partial charge in [-0.15, -0.1) is 0 Å². The summed E-state index contributed by atoms with van der Waals surface area (Å²) in [7, 11) is 1.48. The summed E-state index contributed by atoms with van der Waals surface area (Å²) in [5, 5.41) is 8.84. The summed E-state index contributed by atoms with van der Waals surface area (Å²) < 4.78 is 10.7. The molecule has 100 valence electrons. The number of nitrogens with two attached hydrogens (primary N) is 1. The van der Waals surface area contributed by atoms with E-state index in [4.69, 9.17) is 20.3 Å². The lowest BCUT2D eigenvalue weighted by Gasteiger charge is -2.10. The maximum atomic E-state index is 8.84. The highest BCUT2D eigenvalue weighted by Gasteiger charge is 2.11. The molecule has 6 heteroatoms. The summed E-state index contributed by atoms with van der Waals surface area (Å²) in [6.45, 7) is 0.121. The highest BCUT2D eigenvalue weighted by atomic mass is 16.5. The van der Waals surface area contributed by atoms with Gasteiger partial charge in [-0.05, 0) is 24.1 Å². The fourth-order valence-corrected chi connectivity index (χ4v) is 1.60. The number of hydrogen-bond acceptors (Lipinski definition) is 6. The number of aromatic nitrogens is 2. The second-order valence-electron chi connectivity index (χ2n) is 3.82. The molecular weight excluding hydrogens is 246 g/mol. The zero-order valence-corrected chi connectivity index (χ0v) is 10.5. The van der Waals surface area contributed by atoms with E-state index in [9.17, 15) is 0 Å². The molecule has 1 heterocycles. The molecule has 2 aromatic rings. The average molecular weight is 261 g/mol. The average Bonchev–Trinajstić information content (AvgIpc) is 2.42. The Morgan fingerprint density at radius 2 is 1.95 bits per heavy atom. The molecule has 0 fully saturated rings. The third-order valence-electron chi connectivity index (χ3n) is 2.54. The first-order valence-electron chi connectivity index (χ1n) is 5.76. The van der Waals surface area contributed by atoms with Gasteiger partial charge >= 0.3 is 0 Å². The van der Waals surface area contributed by atoms with Crippen molar-refractivity contribution in [2.75, 3.05) is 19.5 Å². The SMILES string of the molecule is COc1c(N)ncnc1Oc1ccc(CCO)cc1. The fraction of sp³-hybridized carbons (Fsp3) is 0.231. The van der Waals surface area contributed by atoms with Gasteiger partial charge < -0.3 is 20.3 Å². The van der Waals surface area contributed by atoms with Crippen LogP contribution in [0.2, 0.25) is 0 Å². The number of nitrogen functional groups attached to an aromatic ring is 1. The van der Waals surface area contributed by atoms with Gasteiger partial charge in [-0.1, -0.05) is 12.1 Å². The van der Waals surface area contributed by atoms with Crippen LogP contribution >= 0.6 is 0 Å². The molecule has 1 aromatic carbocycles. The minimum atomic E-state index is 0.121. The summed E-state index contributed by atoms with van der Waals surface area (Å²) in [6, 6.07) is 7.34. The van der Waals surface area contributed by atoms with Crippen LogP contribution in [-0.2, 0) is 6.42 Å². The van der Waals surface area contributed by atoms with E-state index < -0.39 is 0 Å². The lowest BCUT2D eigenvalue weighted by molar-refractivity contribution is 0.299. The predicted octanol–water partition coefficient (Wildman–Crippen LogP) is 1.39. The Hall–Kier alpha value is -2.34. The Balaban J connectivity index is 2.19. The molecule has 0 aliphatic rings. The second-order valence-corrected chi connectivity index (χ2v) is 3.82. The number of ether oxygens (including phenoxy) is 2. The number of hydrogen-bond donors (Lipinski definition) is 2. The summed E-state index contributed by atoms with van der Waals surface area (Å²) in [4.78, 5) is 7.81. The van der Waals surface area contributed by atoms with E-state index in [1.54, 1.807) is 12.1 Å². The molecule has 0 saturated heterocycles. The molecule has 0 amide bonds. The van der Waals surface area contributed by atoms with Crippen molar-refractivity contribution in [3.05, 3.63) is 36.2 Å². The third-order valence-corrected chi connectivity index (χ3v) is 2.54. The largest absolute Gasteiger partial charge is 0.489 e. The van der Waals surface area contributed by atoms with Crippen LogP contribution in [-0.4, -0.2) is 28.8 Å². The molecule has 0 radical (unpaired) electrons. The van der Waals surface area contributed by atoms with Crippen LogP contribution in [0.25, 0.3) is 0 Å². The number of aliphatic hydroxyl groups is 1. The minimum Gasteiger partial charge on any atom is -0.489 e. The number of methoxy groups -OCH3 is 1. The van der Waals surface area contributed by atoms with Gasteiger partial charge in [0.1, 0.15) is 12.1 Å². The molecule has 0 spiro atoms. The Bertz CT molecular complexity index is 543. The monoisotopic (exact) mass is 261 g/mol. The third kappa shape index (κ3) is 3.11. The van der Waals surface area contributed by atoms with Crippen LogP contribution in [0, 0.1) is 0 Å². The quantitative estimate of drug-likeness (QED) is 0.845. The highest BCUT2D eigenvalue weighted by Crippen LogP contribution is 2.32. The number of anilines is 1. The summed E-state index contributed by atoms with van der Waals surface area (Å²) in [5.41, 5.74) is 6.70. The first-order chi connectivity index (χ1) is 9.24. The van der Waals surface area contributed by atoms with Gasteiger partial charge in [-0.3, -0.25) is 0 Å². The van der Waals surface area contributed by atoms with Crippen LogP contribution in [0.1, 0.15) is 5.56 Å². The lowest BCUT2D eigenvalue weighted by Crippen LogP contribution is -2.00. The smallest absolute Gasteiger partial charge is 0.268 e. The van der Waals surface area contributed by atoms with Crippen LogP contribution in [0.5, 0.6) is 17.4 Å². The van der Waals surface area contributed by atoms with E-state index in [0.717, 1.165) is 5.56 Å². The second kappa shape index (κ2) is 6.01. The molecule has 2 rings (SSSR count). The maximum Gasteiger partial charge on any atom is 0.268 e. The molecular formula is C13H15N3O3. The van der Waals surface area contributed by atoms with E-state index in [1.165, 1.54) is 13.4 Å². The number of aliphatic hydroxyl groups excluding tert-OH is 1. The van der Waals surface area contributed by atoms with Gasteiger partial charge in [-0.25, -0.2) is 4.98 Å². The molecule has 0 saturated carbocycles. The van der Waals surface area contributed by atoms with Crippen LogP contribution in [0.3, 0.4) is 0 Å². The Morgan fingerprint density at radius 3 is 2.58 bits per heavy atom. The molecule has 0 bridgehead atoms. The van der Waals surface area contributed by atoms with E-state index >= 15 is 0 Å². The Labute approximate surface area is 110 Å². The lowest BCUT2D eigenvalue weighted by atomic mass is 10.1. The van der Waals surface area contributed by atoms with Crippen molar-refractivity contribution in [1.82, 2.24) is 9.97 Å². The number of benzene rings is 1. The molecule has 19 heavy (non-hydrogen) atoms. The summed E-state index contributed by atoms with van der Waals surface area (Å²) in [6.07, 6.45) is 1.93. The topological polar surface area (TPSA) is 90.5 Å². The molecule has 0 unspecified atom stereocenters. The van der Waals surface area contributed by atoms with E-state index in [-0.39, 0.29) is 18.3 Å². The summed E-state index contributed by atoms with van der Waals surface area (Å²) >= 11 is 0. The van der Waals surface area contributed by atoms with Crippen molar-refractivity contribution in [2.45, 2.75) is 6.42 Å². The molecule has 3 N–H and O–H groups in total. The fourth-order valence-electron chi connectivity index (χ4n) is 1.60. The van der Waals surface area contributed by atoms with Crippen molar-refractivity contribution >= 4 is 5.82 Å². The van der Waals surface area contributed by atoms with E-state index in [2.05, 4.69) is 9.97 Å². The molecule has 0 aliphatic carbocycles. The maximum absolute atomic E-state index is 8.84. The van der Waals surface area contributed by atoms with Gasteiger partial charge in [0.05, 0.1) is 7.11 Å². The summed E-state index contributed by atoms with van der Waals surface area (Å²) in [5.74, 6) is 1.41. The van der Waals surface area contributed by atoms with Crippen LogP contribution in [0.4, 0.5) is 5.82 Å². The van der Waals surface area contributed by atoms with Crippen LogP contribution < -0.4 is 15.2 Å². The number of rotatable bonds is 5. The van der Waals surface area contributed by atoms with Crippen molar-refractivity contribution in [2.24, 2.45) is 0 Å². The zero-order chi connectivity index (χ0) is 13.7. The Morgan fingerprint density at radius 1 is 1.21 bits per heavy atom. The van der Waals surface area contributed by atoms with Crippen molar-refractivity contribution < 1.29 is 14.6 Å². The van der Waals surface area contributed by atoms with Gasteiger partial charge in [0.25, 0.3) is 5.88 Å².